The van der Waals surface area contributed by atoms with E-state index in [2.05, 4.69) is 27.8 Å². The second-order valence-electron chi connectivity index (χ2n) is 8.51. The zero-order valence-electron chi connectivity index (χ0n) is 18.8. The molecule has 0 aromatic heterocycles. The van der Waals surface area contributed by atoms with Gasteiger partial charge in [0.05, 0.1) is 5.82 Å². The summed E-state index contributed by atoms with van der Waals surface area (Å²) in [7, 11) is 0. The first-order valence-corrected chi connectivity index (χ1v) is 10.9. The summed E-state index contributed by atoms with van der Waals surface area (Å²) in [6.45, 7) is 8.96. The molecule has 10 heteroatoms. The highest BCUT2D eigenvalue weighted by Crippen LogP contribution is 2.27. The Hall–Kier alpha value is -2.78. The van der Waals surface area contributed by atoms with Gasteiger partial charge in [-0.1, -0.05) is 33.3 Å². The highest BCUT2D eigenvalue weighted by atomic mass is 16.2. The van der Waals surface area contributed by atoms with E-state index in [1.165, 1.54) is 6.92 Å². The fraction of sp³-hybridized carbons (Fsp3) is 0.714. The summed E-state index contributed by atoms with van der Waals surface area (Å²) >= 11 is 0. The predicted molar refractivity (Wildman–Crippen MR) is 118 cm³/mol. The SMILES string of the molecule is C=C(N)NCCC[C@H](NC(=O)[C@@H](NC(C)=O)C(C)C)C(=O)N[C@H](C(N)=O)C1CCCC1. The van der Waals surface area contributed by atoms with Crippen LogP contribution in [0.4, 0.5) is 0 Å². The topological polar surface area (TPSA) is 168 Å². The highest BCUT2D eigenvalue weighted by Gasteiger charge is 2.34. The van der Waals surface area contributed by atoms with Crippen molar-refractivity contribution >= 4 is 23.6 Å². The second-order valence-corrected chi connectivity index (χ2v) is 8.51. The van der Waals surface area contributed by atoms with E-state index in [4.69, 9.17) is 11.5 Å². The van der Waals surface area contributed by atoms with Gasteiger partial charge in [-0.3, -0.25) is 19.2 Å². The number of rotatable bonds is 13. The van der Waals surface area contributed by atoms with Crippen LogP contribution in [0.3, 0.4) is 0 Å². The van der Waals surface area contributed by atoms with Crippen LogP contribution in [0, 0.1) is 11.8 Å². The Morgan fingerprint density at radius 3 is 2.10 bits per heavy atom. The summed E-state index contributed by atoms with van der Waals surface area (Å²) in [6, 6.07) is -2.44. The zero-order chi connectivity index (χ0) is 23.6. The largest absolute Gasteiger partial charge is 0.386 e. The molecule has 0 aliphatic heterocycles. The van der Waals surface area contributed by atoms with Crippen LogP contribution in [-0.2, 0) is 19.2 Å². The van der Waals surface area contributed by atoms with Gasteiger partial charge in [-0.25, -0.2) is 0 Å². The molecule has 4 amide bonds. The van der Waals surface area contributed by atoms with Crippen molar-refractivity contribution in [2.45, 2.75) is 77.4 Å². The van der Waals surface area contributed by atoms with Crippen molar-refractivity contribution in [2.24, 2.45) is 23.3 Å². The minimum Gasteiger partial charge on any atom is -0.386 e. The van der Waals surface area contributed by atoms with Gasteiger partial charge >= 0.3 is 0 Å². The van der Waals surface area contributed by atoms with Gasteiger partial charge in [-0.2, -0.15) is 0 Å². The molecular weight excluding hydrogens is 400 g/mol. The molecule has 0 heterocycles. The van der Waals surface area contributed by atoms with E-state index < -0.39 is 35.8 Å². The summed E-state index contributed by atoms with van der Waals surface area (Å²) in [5.74, 6) is -1.71. The molecule has 0 aromatic rings. The van der Waals surface area contributed by atoms with Gasteiger partial charge in [0.1, 0.15) is 18.1 Å². The smallest absolute Gasteiger partial charge is 0.243 e. The van der Waals surface area contributed by atoms with E-state index in [0.29, 0.717) is 25.2 Å². The van der Waals surface area contributed by atoms with Crippen molar-refractivity contribution in [1.82, 2.24) is 21.3 Å². The second kappa shape index (κ2) is 12.8. The predicted octanol–water partition coefficient (Wildman–Crippen LogP) is -0.408. The fourth-order valence-electron chi connectivity index (χ4n) is 3.81. The van der Waals surface area contributed by atoms with E-state index in [1.54, 1.807) is 13.8 Å². The van der Waals surface area contributed by atoms with Gasteiger partial charge in [0.15, 0.2) is 0 Å². The van der Waals surface area contributed by atoms with Crippen LogP contribution >= 0.6 is 0 Å². The number of nitrogens with two attached hydrogens (primary N) is 2. The average Bonchev–Trinajstić information content (AvgIpc) is 3.19. The Morgan fingerprint density at radius 1 is 1.00 bits per heavy atom. The summed E-state index contributed by atoms with van der Waals surface area (Å²) in [5, 5.41) is 11.0. The van der Waals surface area contributed by atoms with Gasteiger partial charge in [0.2, 0.25) is 23.6 Å². The molecule has 10 nitrogen and oxygen atoms in total. The molecule has 0 radical (unpaired) electrons. The molecule has 176 valence electrons. The lowest BCUT2D eigenvalue weighted by Crippen LogP contribution is -2.58. The van der Waals surface area contributed by atoms with Crippen LogP contribution < -0.4 is 32.7 Å². The summed E-state index contributed by atoms with van der Waals surface area (Å²) < 4.78 is 0. The molecule has 0 saturated heterocycles. The van der Waals surface area contributed by atoms with E-state index in [1.807, 2.05) is 0 Å². The minimum atomic E-state index is -0.890. The molecule has 1 aliphatic carbocycles. The van der Waals surface area contributed by atoms with Gasteiger partial charge in [-0.15, -0.1) is 0 Å². The summed E-state index contributed by atoms with van der Waals surface area (Å²) in [5.41, 5.74) is 11.0. The molecule has 3 atom stereocenters. The van der Waals surface area contributed by atoms with Crippen molar-refractivity contribution in [3.8, 4) is 0 Å². The molecule has 0 bridgehead atoms. The first kappa shape index (κ1) is 26.3. The quantitative estimate of drug-likeness (QED) is 0.214. The Balaban J connectivity index is 2.90. The number of nitrogens with one attached hydrogen (secondary N) is 4. The maximum atomic E-state index is 13.0. The summed E-state index contributed by atoms with van der Waals surface area (Å²) in [4.78, 5) is 49.2. The van der Waals surface area contributed by atoms with Crippen LogP contribution in [0.5, 0.6) is 0 Å². The van der Waals surface area contributed by atoms with Crippen molar-refractivity contribution in [2.75, 3.05) is 6.54 Å². The first-order valence-electron chi connectivity index (χ1n) is 10.9. The van der Waals surface area contributed by atoms with Gasteiger partial charge < -0.3 is 32.7 Å². The third-order valence-corrected chi connectivity index (χ3v) is 5.44. The molecule has 0 spiro atoms. The first-order chi connectivity index (χ1) is 14.5. The number of hydrogen-bond acceptors (Lipinski definition) is 6. The molecule has 8 N–H and O–H groups in total. The fourth-order valence-corrected chi connectivity index (χ4v) is 3.81. The van der Waals surface area contributed by atoms with Crippen molar-refractivity contribution in [3.63, 3.8) is 0 Å². The van der Waals surface area contributed by atoms with E-state index >= 15 is 0 Å². The Bertz CT molecular complexity index is 660. The molecule has 1 rings (SSSR count). The van der Waals surface area contributed by atoms with Crippen molar-refractivity contribution in [1.29, 1.82) is 0 Å². The number of amides is 4. The number of primary amides is 1. The van der Waals surface area contributed by atoms with E-state index in [9.17, 15) is 19.2 Å². The Morgan fingerprint density at radius 2 is 1.61 bits per heavy atom. The number of carbonyl (C=O) groups excluding carboxylic acids is 4. The molecule has 0 unspecified atom stereocenters. The number of hydrogen-bond donors (Lipinski definition) is 6. The van der Waals surface area contributed by atoms with Gasteiger partial charge in [0, 0.05) is 13.5 Å². The van der Waals surface area contributed by atoms with Gasteiger partial charge in [0.25, 0.3) is 0 Å². The standard InChI is InChI=1S/C21H38N6O4/c1-12(2)17(25-14(4)28)21(31)26-16(10-7-11-24-13(3)22)20(30)27-18(19(23)29)15-8-5-6-9-15/h12,15-18,24H,3,5-11,22H2,1-2,4H3,(H2,23,29)(H,25,28)(H,26,31)(H,27,30)/t16-,17-,18-/m0/s1. The molecule has 1 aliphatic rings. The maximum absolute atomic E-state index is 13.0. The number of carbonyl (C=O) groups is 4. The monoisotopic (exact) mass is 438 g/mol. The van der Waals surface area contributed by atoms with Crippen LogP contribution in [0.15, 0.2) is 12.4 Å². The third-order valence-electron chi connectivity index (χ3n) is 5.44. The lowest BCUT2D eigenvalue weighted by Gasteiger charge is -2.27. The normalized spacial score (nSPS) is 16.8. The van der Waals surface area contributed by atoms with Gasteiger partial charge in [-0.05, 0) is 37.5 Å². The lowest BCUT2D eigenvalue weighted by atomic mass is 9.96. The minimum absolute atomic E-state index is 0.00262. The molecular formula is C21H38N6O4. The van der Waals surface area contributed by atoms with Crippen LogP contribution in [0.25, 0.3) is 0 Å². The van der Waals surface area contributed by atoms with Crippen LogP contribution in [-0.4, -0.2) is 48.3 Å². The summed E-state index contributed by atoms with van der Waals surface area (Å²) in [6.07, 6.45) is 4.46. The van der Waals surface area contributed by atoms with Crippen LogP contribution in [0.2, 0.25) is 0 Å². The van der Waals surface area contributed by atoms with E-state index in [-0.39, 0.29) is 17.7 Å². The van der Waals surface area contributed by atoms with E-state index in [0.717, 1.165) is 25.7 Å². The van der Waals surface area contributed by atoms with Crippen molar-refractivity contribution in [3.05, 3.63) is 12.4 Å². The Kier molecular flexibility index (Phi) is 10.8. The molecule has 1 fully saturated rings. The third kappa shape index (κ3) is 9.27. The lowest BCUT2D eigenvalue weighted by molar-refractivity contribution is -0.134. The highest BCUT2D eigenvalue weighted by molar-refractivity contribution is 5.94. The maximum Gasteiger partial charge on any atom is 0.243 e. The van der Waals surface area contributed by atoms with Crippen molar-refractivity contribution < 1.29 is 19.2 Å². The average molecular weight is 439 g/mol. The molecule has 0 aromatic carbocycles. The molecule has 31 heavy (non-hydrogen) atoms. The molecule has 1 saturated carbocycles. The zero-order valence-corrected chi connectivity index (χ0v) is 18.8. The Labute approximate surface area is 184 Å². The van der Waals surface area contributed by atoms with Crippen LogP contribution in [0.1, 0.15) is 59.3 Å².